The number of hydrogen-bond acceptors (Lipinski definition) is 8. The van der Waals surface area contributed by atoms with Crippen LogP contribution in [-0.4, -0.2) is 52.3 Å². The van der Waals surface area contributed by atoms with Gasteiger partial charge in [0.15, 0.2) is 6.23 Å². The molecule has 0 saturated carbocycles. The third-order valence-corrected chi connectivity index (χ3v) is 6.11. The van der Waals surface area contributed by atoms with Crippen molar-refractivity contribution in [1.82, 2.24) is 9.55 Å². The number of H-pyrrole nitrogens is 1. The van der Waals surface area contributed by atoms with Gasteiger partial charge in [0.25, 0.3) is 5.56 Å². The fourth-order valence-electron chi connectivity index (χ4n) is 2.84. The third kappa shape index (κ3) is 4.67. The minimum absolute atomic E-state index is 0.126. The summed E-state index contributed by atoms with van der Waals surface area (Å²) >= 11 is 0. The highest BCUT2D eigenvalue weighted by atomic mass is 31.2. The molecule has 1 aliphatic rings. The molecule has 0 aliphatic carbocycles. The van der Waals surface area contributed by atoms with E-state index in [9.17, 15) is 19.3 Å². The first kappa shape index (κ1) is 21.4. The van der Waals surface area contributed by atoms with Crippen molar-refractivity contribution in [2.45, 2.75) is 45.2 Å². The number of ether oxygens (including phenoxy) is 1. The predicted octanol–water partition coefficient (Wildman–Crippen LogP) is 1.05. The van der Waals surface area contributed by atoms with Crippen LogP contribution in [0.5, 0.6) is 0 Å². The number of rotatable bonds is 8. The summed E-state index contributed by atoms with van der Waals surface area (Å²) in [5.41, 5.74) is 7.66. The summed E-state index contributed by atoms with van der Waals surface area (Å²) < 4.78 is 29.9. The van der Waals surface area contributed by atoms with Crippen LogP contribution < -0.4 is 11.2 Å². The van der Waals surface area contributed by atoms with E-state index < -0.39 is 43.3 Å². The summed E-state index contributed by atoms with van der Waals surface area (Å²) in [7, 11) is -3.57. The molecule has 1 fully saturated rings. The van der Waals surface area contributed by atoms with E-state index in [0.29, 0.717) is 0 Å². The number of nitrogens with zero attached hydrogens (tertiary/aromatic N) is 4. The zero-order valence-electron chi connectivity index (χ0n) is 15.1. The van der Waals surface area contributed by atoms with E-state index in [-0.39, 0.29) is 24.9 Å². The van der Waals surface area contributed by atoms with Crippen molar-refractivity contribution in [2.24, 2.45) is 5.11 Å². The molecule has 1 aliphatic heterocycles. The molecule has 4 atom stereocenters. The molecule has 27 heavy (non-hydrogen) atoms. The van der Waals surface area contributed by atoms with Gasteiger partial charge in [-0.25, -0.2) is 4.79 Å². The molecule has 12 nitrogen and oxygen atoms in total. The van der Waals surface area contributed by atoms with Gasteiger partial charge in [-0.15, -0.1) is 0 Å². The van der Waals surface area contributed by atoms with E-state index in [4.69, 9.17) is 19.3 Å². The molecule has 2 N–H and O–H groups in total. The highest BCUT2D eigenvalue weighted by Crippen LogP contribution is 2.51. The molecular weight excluding hydrogens is 381 g/mol. The zero-order chi connectivity index (χ0) is 20.2. The number of nitrogens with one attached hydrogen (secondary N) is 1. The molecule has 0 amide bonds. The van der Waals surface area contributed by atoms with Gasteiger partial charge in [0.2, 0.25) is 0 Å². The lowest BCUT2D eigenvalue weighted by molar-refractivity contribution is -0.0354. The van der Waals surface area contributed by atoms with Crippen LogP contribution in [-0.2, 0) is 18.3 Å². The van der Waals surface area contributed by atoms with Gasteiger partial charge in [-0.3, -0.25) is 18.9 Å². The molecule has 2 heterocycles. The van der Waals surface area contributed by atoms with Gasteiger partial charge >= 0.3 is 13.3 Å². The van der Waals surface area contributed by atoms with Crippen LogP contribution in [0.25, 0.3) is 10.4 Å². The van der Waals surface area contributed by atoms with Crippen molar-refractivity contribution in [2.75, 3.05) is 19.4 Å². The highest BCUT2D eigenvalue weighted by molar-refractivity contribution is 7.53. The predicted molar refractivity (Wildman–Crippen MR) is 94.6 cm³/mol. The monoisotopic (exact) mass is 403 g/mol. The molecule has 1 aromatic heterocycles. The van der Waals surface area contributed by atoms with Crippen molar-refractivity contribution < 1.29 is 23.5 Å². The summed E-state index contributed by atoms with van der Waals surface area (Å²) in [5, 5.41) is 14.1. The van der Waals surface area contributed by atoms with Crippen molar-refractivity contribution >= 4 is 7.60 Å². The van der Waals surface area contributed by atoms with E-state index in [1.807, 2.05) is 0 Å². The largest absolute Gasteiger partial charge is 0.388 e. The van der Waals surface area contributed by atoms with Crippen LogP contribution >= 0.6 is 7.60 Å². The Morgan fingerprint density at radius 1 is 1.41 bits per heavy atom. The maximum Gasteiger partial charge on any atom is 0.333 e. The number of hydrogen-bond donors (Lipinski definition) is 2. The van der Waals surface area contributed by atoms with E-state index >= 15 is 0 Å². The Balaban J connectivity index is 2.39. The standard InChI is InChI=1S/C14H22N5O7P/c1-4-24-27(23,25-5-2)7-9-10(17-18-15)11(20)13(26-9)19-6-8(3)12(21)16-14(19)22/h6,9-11,13,20H,4-5,7H2,1-3H3,(H,16,21,22)/t9-,10?,11-,13?/m1/s1. The van der Waals surface area contributed by atoms with Gasteiger partial charge in [-0.2, -0.15) is 0 Å². The second kappa shape index (κ2) is 8.83. The number of azide groups is 1. The van der Waals surface area contributed by atoms with Gasteiger partial charge in [0, 0.05) is 16.7 Å². The average Bonchev–Trinajstić information content (AvgIpc) is 2.88. The number of aryl methyl sites for hydroxylation is 1. The van der Waals surface area contributed by atoms with Gasteiger partial charge in [-0.1, -0.05) is 5.11 Å². The molecule has 0 radical (unpaired) electrons. The Hall–Kier alpha value is -1.94. The lowest BCUT2D eigenvalue weighted by atomic mass is 10.1. The molecule has 2 unspecified atom stereocenters. The number of aromatic nitrogens is 2. The van der Waals surface area contributed by atoms with E-state index in [2.05, 4.69) is 15.0 Å². The fourth-order valence-corrected chi connectivity index (χ4v) is 4.66. The SMILES string of the molecule is CCOP(=O)(C[C@H]1OC(n2cc(C)c(=O)[nH]c2=O)[C@H](O)C1N=[N+]=[N-])OCC. The van der Waals surface area contributed by atoms with E-state index in [1.165, 1.54) is 13.1 Å². The Bertz CT molecular complexity index is 867. The van der Waals surface area contributed by atoms with Gasteiger partial charge in [-0.05, 0) is 26.3 Å². The number of aromatic amines is 1. The molecule has 13 heteroatoms. The molecular formula is C14H22N5O7P. The molecule has 0 spiro atoms. The summed E-state index contributed by atoms with van der Waals surface area (Å²) in [6, 6.07) is -1.13. The Morgan fingerprint density at radius 2 is 2.04 bits per heavy atom. The third-order valence-electron chi connectivity index (χ3n) is 4.00. The molecule has 0 aromatic carbocycles. The van der Waals surface area contributed by atoms with E-state index in [1.54, 1.807) is 13.8 Å². The van der Waals surface area contributed by atoms with Gasteiger partial charge in [0.1, 0.15) is 6.10 Å². The molecule has 150 valence electrons. The summed E-state index contributed by atoms with van der Waals surface area (Å²) in [5.74, 6) is 0. The second-order valence-corrected chi connectivity index (χ2v) is 7.96. The summed E-state index contributed by atoms with van der Waals surface area (Å²) in [4.78, 5) is 28.4. The number of aliphatic hydroxyl groups excluding tert-OH is 1. The van der Waals surface area contributed by atoms with E-state index in [0.717, 1.165) is 4.57 Å². The maximum absolute atomic E-state index is 12.8. The quantitative estimate of drug-likeness (QED) is 0.283. The van der Waals surface area contributed by atoms with Crippen LogP contribution in [0.4, 0.5) is 0 Å². The first-order valence-corrected chi connectivity index (χ1v) is 10.1. The Kier molecular flexibility index (Phi) is 6.99. The maximum atomic E-state index is 12.8. The van der Waals surface area contributed by atoms with Crippen LogP contribution in [0, 0.1) is 6.92 Å². The lowest BCUT2D eigenvalue weighted by Gasteiger charge is -2.22. The second-order valence-electron chi connectivity index (χ2n) is 5.86. The lowest BCUT2D eigenvalue weighted by Crippen LogP contribution is -2.38. The van der Waals surface area contributed by atoms with Crippen molar-refractivity contribution in [3.8, 4) is 0 Å². The molecule has 2 rings (SSSR count). The Morgan fingerprint density at radius 3 is 2.59 bits per heavy atom. The number of aliphatic hydroxyl groups is 1. The smallest absolute Gasteiger partial charge is 0.333 e. The van der Waals surface area contributed by atoms with Crippen LogP contribution in [0.1, 0.15) is 25.6 Å². The van der Waals surface area contributed by atoms with Crippen molar-refractivity contribution in [3.05, 3.63) is 43.0 Å². The molecule has 1 saturated heterocycles. The zero-order valence-corrected chi connectivity index (χ0v) is 16.0. The Labute approximate surface area is 154 Å². The highest BCUT2D eigenvalue weighted by Gasteiger charge is 2.47. The fraction of sp³-hybridized carbons (Fsp3) is 0.714. The normalized spacial score (nSPS) is 25.3. The van der Waals surface area contributed by atoms with Crippen molar-refractivity contribution in [1.29, 1.82) is 0 Å². The average molecular weight is 403 g/mol. The van der Waals surface area contributed by atoms with Gasteiger partial charge in [0.05, 0.1) is 31.5 Å². The summed E-state index contributed by atoms with van der Waals surface area (Å²) in [6.07, 6.45) is -2.72. The first-order chi connectivity index (χ1) is 12.8. The van der Waals surface area contributed by atoms with Crippen LogP contribution in [0.3, 0.4) is 0 Å². The minimum atomic E-state index is -3.57. The molecule has 1 aromatic rings. The minimum Gasteiger partial charge on any atom is -0.388 e. The summed E-state index contributed by atoms with van der Waals surface area (Å²) in [6.45, 7) is 5.02. The first-order valence-electron chi connectivity index (χ1n) is 8.34. The van der Waals surface area contributed by atoms with Crippen LogP contribution in [0.15, 0.2) is 20.9 Å². The van der Waals surface area contributed by atoms with Gasteiger partial charge < -0.3 is 18.9 Å². The van der Waals surface area contributed by atoms with Crippen LogP contribution in [0.2, 0.25) is 0 Å². The topological polar surface area (TPSA) is 169 Å². The molecule has 0 bridgehead atoms. The van der Waals surface area contributed by atoms with Crippen molar-refractivity contribution in [3.63, 3.8) is 0 Å².